The number of amides is 2. The van der Waals surface area contributed by atoms with Gasteiger partial charge in [0.05, 0.1) is 10.4 Å². The third-order valence-electron chi connectivity index (χ3n) is 3.94. The maximum Gasteiger partial charge on any atom is 0.266 e. The van der Waals surface area contributed by atoms with E-state index in [1.165, 1.54) is 16.2 Å². The summed E-state index contributed by atoms with van der Waals surface area (Å²) in [6.45, 7) is 2.23. The SMILES string of the molecule is CNC(=O)c1c(NC(=O)c2cccs2)sc2c1CC[C@@H](C)C2. The minimum atomic E-state index is -0.146. The maximum atomic E-state index is 12.3. The number of anilines is 1. The standard InChI is InChI=1S/C16H18N2O2S2/c1-9-5-6-10-12(8-9)22-16(13(10)15(20)17-2)18-14(19)11-4-3-7-21-11/h3-4,7,9H,5-6,8H2,1-2H3,(H,17,20)(H,18,19)/t9-/m1/s1. The van der Waals surface area contributed by atoms with Gasteiger partial charge in [-0.1, -0.05) is 13.0 Å². The fraction of sp³-hybridized carbons (Fsp3) is 0.375. The molecule has 116 valence electrons. The minimum absolute atomic E-state index is 0.117. The van der Waals surface area contributed by atoms with Crippen LogP contribution in [0, 0.1) is 5.92 Å². The first-order chi connectivity index (χ1) is 10.6. The second kappa shape index (κ2) is 6.22. The molecule has 0 spiro atoms. The first-order valence-electron chi connectivity index (χ1n) is 7.31. The van der Waals surface area contributed by atoms with Crippen molar-refractivity contribution in [1.29, 1.82) is 0 Å². The van der Waals surface area contributed by atoms with Crippen LogP contribution in [-0.4, -0.2) is 18.9 Å². The largest absolute Gasteiger partial charge is 0.355 e. The summed E-state index contributed by atoms with van der Waals surface area (Å²) in [7, 11) is 1.63. The predicted octanol–water partition coefficient (Wildman–Crippen LogP) is 3.55. The summed E-state index contributed by atoms with van der Waals surface area (Å²) in [5, 5.41) is 8.17. The maximum absolute atomic E-state index is 12.3. The average Bonchev–Trinajstić information content (AvgIpc) is 3.13. The summed E-state index contributed by atoms with van der Waals surface area (Å²) in [6, 6.07) is 3.63. The quantitative estimate of drug-likeness (QED) is 0.902. The van der Waals surface area contributed by atoms with E-state index in [4.69, 9.17) is 0 Å². The molecule has 6 heteroatoms. The molecule has 2 heterocycles. The van der Waals surface area contributed by atoms with Gasteiger partial charge in [0.15, 0.2) is 0 Å². The summed E-state index contributed by atoms with van der Waals surface area (Å²) >= 11 is 2.94. The van der Waals surface area contributed by atoms with Gasteiger partial charge < -0.3 is 10.6 Å². The molecule has 0 saturated carbocycles. The van der Waals surface area contributed by atoms with E-state index in [1.807, 2.05) is 11.4 Å². The fourth-order valence-electron chi connectivity index (χ4n) is 2.78. The molecule has 2 N–H and O–H groups in total. The van der Waals surface area contributed by atoms with E-state index in [1.54, 1.807) is 24.5 Å². The van der Waals surface area contributed by atoms with Crippen molar-refractivity contribution in [2.24, 2.45) is 5.92 Å². The molecule has 0 radical (unpaired) electrons. The van der Waals surface area contributed by atoms with Gasteiger partial charge in [-0.25, -0.2) is 0 Å². The van der Waals surface area contributed by atoms with Crippen molar-refractivity contribution in [3.8, 4) is 0 Å². The molecular formula is C16H18N2O2S2. The van der Waals surface area contributed by atoms with Gasteiger partial charge in [-0.3, -0.25) is 9.59 Å². The summed E-state index contributed by atoms with van der Waals surface area (Å²) in [5.41, 5.74) is 1.77. The first kappa shape index (κ1) is 15.2. The van der Waals surface area contributed by atoms with Crippen LogP contribution < -0.4 is 10.6 Å². The number of carbonyl (C=O) groups is 2. The Bertz CT molecular complexity index is 704. The number of hydrogen-bond donors (Lipinski definition) is 2. The molecule has 0 aliphatic heterocycles. The van der Waals surface area contributed by atoms with E-state index in [9.17, 15) is 9.59 Å². The Morgan fingerprint density at radius 3 is 2.82 bits per heavy atom. The van der Waals surface area contributed by atoms with E-state index in [0.717, 1.165) is 24.8 Å². The van der Waals surface area contributed by atoms with Crippen LogP contribution in [0.2, 0.25) is 0 Å². The Kier molecular flexibility index (Phi) is 4.31. The van der Waals surface area contributed by atoms with Gasteiger partial charge in [0.1, 0.15) is 5.00 Å². The summed E-state index contributed by atoms with van der Waals surface area (Å²) in [5.74, 6) is 0.366. The molecule has 2 amide bonds. The fourth-order valence-corrected chi connectivity index (χ4v) is 4.80. The number of rotatable bonds is 3. The second-order valence-electron chi connectivity index (χ2n) is 5.57. The zero-order valence-electron chi connectivity index (χ0n) is 12.6. The van der Waals surface area contributed by atoms with Gasteiger partial charge in [0, 0.05) is 11.9 Å². The van der Waals surface area contributed by atoms with Crippen LogP contribution in [0.1, 0.15) is 43.8 Å². The highest BCUT2D eigenvalue weighted by Gasteiger charge is 2.28. The van der Waals surface area contributed by atoms with Crippen molar-refractivity contribution in [3.63, 3.8) is 0 Å². The average molecular weight is 334 g/mol. The Morgan fingerprint density at radius 2 is 2.14 bits per heavy atom. The molecule has 0 bridgehead atoms. The number of fused-ring (bicyclic) bond motifs is 1. The lowest BCUT2D eigenvalue weighted by molar-refractivity contribution is 0.0963. The van der Waals surface area contributed by atoms with Gasteiger partial charge in [0.2, 0.25) is 0 Å². The van der Waals surface area contributed by atoms with E-state index in [-0.39, 0.29) is 11.8 Å². The third-order valence-corrected chi connectivity index (χ3v) is 5.98. The van der Waals surface area contributed by atoms with E-state index >= 15 is 0 Å². The van der Waals surface area contributed by atoms with Crippen LogP contribution in [0.4, 0.5) is 5.00 Å². The lowest BCUT2D eigenvalue weighted by Crippen LogP contribution is -2.22. The summed E-state index contributed by atoms with van der Waals surface area (Å²) in [4.78, 5) is 26.4. The van der Waals surface area contributed by atoms with Gasteiger partial charge in [-0.05, 0) is 42.2 Å². The lowest BCUT2D eigenvalue weighted by atomic mass is 9.88. The molecule has 0 saturated heterocycles. The van der Waals surface area contributed by atoms with Crippen LogP contribution in [0.5, 0.6) is 0 Å². The zero-order chi connectivity index (χ0) is 15.7. The highest BCUT2D eigenvalue weighted by atomic mass is 32.1. The van der Waals surface area contributed by atoms with Gasteiger partial charge in [-0.2, -0.15) is 0 Å². The van der Waals surface area contributed by atoms with Gasteiger partial charge >= 0.3 is 0 Å². The highest BCUT2D eigenvalue weighted by molar-refractivity contribution is 7.17. The Balaban J connectivity index is 1.96. The van der Waals surface area contributed by atoms with Crippen molar-refractivity contribution in [2.45, 2.75) is 26.2 Å². The summed E-state index contributed by atoms with van der Waals surface area (Å²) < 4.78 is 0. The number of carbonyl (C=O) groups excluding carboxylic acids is 2. The van der Waals surface area contributed by atoms with Crippen LogP contribution in [0.25, 0.3) is 0 Å². The molecule has 2 aromatic heterocycles. The van der Waals surface area contributed by atoms with Crippen LogP contribution >= 0.6 is 22.7 Å². The van der Waals surface area contributed by atoms with Crippen LogP contribution in [0.3, 0.4) is 0 Å². The highest BCUT2D eigenvalue weighted by Crippen LogP contribution is 2.39. The summed E-state index contributed by atoms with van der Waals surface area (Å²) in [6.07, 6.45) is 2.98. The molecule has 0 unspecified atom stereocenters. The smallest absolute Gasteiger partial charge is 0.266 e. The van der Waals surface area contributed by atoms with E-state index < -0.39 is 0 Å². The third kappa shape index (κ3) is 2.80. The molecule has 0 aromatic carbocycles. The molecule has 1 aliphatic rings. The van der Waals surface area contributed by atoms with Crippen LogP contribution in [0.15, 0.2) is 17.5 Å². The molecule has 2 aromatic rings. The Labute approximate surface area is 137 Å². The normalized spacial score (nSPS) is 16.9. The van der Waals surface area contributed by atoms with Crippen molar-refractivity contribution in [3.05, 3.63) is 38.4 Å². The number of thiophene rings is 2. The predicted molar refractivity (Wildman–Crippen MR) is 91.2 cm³/mol. The zero-order valence-corrected chi connectivity index (χ0v) is 14.2. The molecule has 4 nitrogen and oxygen atoms in total. The van der Waals surface area contributed by atoms with Crippen molar-refractivity contribution in [1.82, 2.24) is 5.32 Å². The topological polar surface area (TPSA) is 58.2 Å². The van der Waals surface area contributed by atoms with Gasteiger partial charge in [0.25, 0.3) is 11.8 Å². The molecule has 1 aliphatic carbocycles. The molecular weight excluding hydrogens is 316 g/mol. The van der Waals surface area contributed by atoms with Gasteiger partial charge in [-0.15, -0.1) is 22.7 Å². The van der Waals surface area contributed by atoms with E-state index in [0.29, 0.717) is 21.4 Å². The Morgan fingerprint density at radius 1 is 1.32 bits per heavy atom. The van der Waals surface area contributed by atoms with Crippen LogP contribution in [-0.2, 0) is 12.8 Å². The molecule has 0 fully saturated rings. The number of nitrogens with one attached hydrogen (secondary N) is 2. The molecule has 22 heavy (non-hydrogen) atoms. The van der Waals surface area contributed by atoms with Crippen molar-refractivity contribution in [2.75, 3.05) is 12.4 Å². The minimum Gasteiger partial charge on any atom is -0.355 e. The lowest BCUT2D eigenvalue weighted by Gasteiger charge is -2.18. The first-order valence-corrected chi connectivity index (χ1v) is 9.01. The number of hydrogen-bond acceptors (Lipinski definition) is 4. The molecule has 1 atom stereocenters. The second-order valence-corrected chi connectivity index (χ2v) is 7.62. The molecule has 3 rings (SSSR count). The van der Waals surface area contributed by atoms with Crippen molar-refractivity contribution >= 4 is 39.5 Å². The monoisotopic (exact) mass is 334 g/mol. The van der Waals surface area contributed by atoms with Crippen molar-refractivity contribution < 1.29 is 9.59 Å². The Hall–Kier alpha value is -1.66. The van der Waals surface area contributed by atoms with E-state index in [2.05, 4.69) is 17.6 Å².